The number of phenolic OH excluding ortho intramolecular Hbond substituents is 6. The largest absolute Gasteiger partial charge is 0.507 e. The van der Waals surface area contributed by atoms with Gasteiger partial charge in [0, 0.05) is 65.2 Å². The fourth-order valence-electron chi connectivity index (χ4n) is 18.1. The summed E-state index contributed by atoms with van der Waals surface area (Å²) < 4.78 is 50.2. The predicted octanol–water partition coefficient (Wildman–Crippen LogP) is 20.2. The lowest BCUT2D eigenvalue weighted by atomic mass is 9.61. The first-order valence-electron chi connectivity index (χ1n) is 37.9. The Bertz CT molecular complexity index is 5380. The zero-order valence-corrected chi connectivity index (χ0v) is 64.5. The number of methoxy groups -OCH3 is 4. The minimum absolute atomic E-state index is 0.0246. The van der Waals surface area contributed by atoms with Gasteiger partial charge >= 0.3 is 0 Å². The third-order valence-electron chi connectivity index (χ3n) is 23.4. The first-order valence-corrected chi connectivity index (χ1v) is 37.9. The van der Waals surface area contributed by atoms with Crippen molar-refractivity contribution in [1.29, 1.82) is 0 Å². The molecule has 0 aromatic heterocycles. The van der Waals surface area contributed by atoms with E-state index in [-0.39, 0.29) is 80.1 Å². The van der Waals surface area contributed by atoms with Crippen LogP contribution in [0, 0.1) is 47.5 Å². The second kappa shape index (κ2) is 30.6. The molecule has 15 rings (SSSR count). The number of aryl methyl sites for hydroxylation is 6. The van der Waals surface area contributed by atoms with Gasteiger partial charge in [0.1, 0.15) is 83.1 Å². The molecule has 14 heteroatoms. The summed E-state index contributed by atoms with van der Waals surface area (Å²) in [5, 5.41) is 71.9. The third-order valence-corrected chi connectivity index (χ3v) is 23.4. The van der Waals surface area contributed by atoms with Gasteiger partial charge in [0.15, 0.2) is 0 Å². The number of fused-ring (bicyclic) bond motifs is 6. The van der Waals surface area contributed by atoms with Crippen LogP contribution in [0.15, 0.2) is 212 Å². The summed E-state index contributed by atoms with van der Waals surface area (Å²) in [7, 11) is 6.56. The van der Waals surface area contributed by atoms with Crippen molar-refractivity contribution in [3.63, 3.8) is 0 Å². The summed E-state index contributed by atoms with van der Waals surface area (Å²) in [6, 6.07) is 70.7. The van der Waals surface area contributed by atoms with Gasteiger partial charge in [-0.15, -0.1) is 0 Å². The molecule has 0 bridgehead atoms. The van der Waals surface area contributed by atoms with E-state index in [1.807, 2.05) is 175 Å². The number of phenols is 6. The zero-order chi connectivity index (χ0) is 77.6. The van der Waals surface area contributed by atoms with E-state index in [1.165, 1.54) is 0 Å². The molecule has 6 N–H and O–H groups in total. The Balaban J connectivity index is 0.808. The molecule has 3 aliphatic rings. The van der Waals surface area contributed by atoms with E-state index in [9.17, 15) is 30.6 Å². The quantitative estimate of drug-likeness (QED) is 0.0316. The van der Waals surface area contributed by atoms with Crippen LogP contribution in [0.2, 0.25) is 0 Å². The van der Waals surface area contributed by atoms with Crippen LogP contribution in [0.1, 0.15) is 148 Å². The van der Waals surface area contributed by atoms with Crippen LogP contribution in [0.3, 0.4) is 0 Å². The van der Waals surface area contributed by atoms with E-state index < -0.39 is 16.2 Å². The predicted molar refractivity (Wildman–Crippen MR) is 432 cm³/mol. The molecule has 0 radical (unpaired) electrons. The summed E-state index contributed by atoms with van der Waals surface area (Å²) in [6.07, 6.45) is 3.18. The van der Waals surface area contributed by atoms with E-state index in [2.05, 4.69) is 78.9 Å². The molecule has 2 atom stereocenters. The van der Waals surface area contributed by atoms with E-state index in [0.29, 0.717) is 97.4 Å². The van der Waals surface area contributed by atoms with Gasteiger partial charge in [0.2, 0.25) is 0 Å². The highest BCUT2D eigenvalue weighted by Gasteiger charge is 2.50. The van der Waals surface area contributed by atoms with Crippen LogP contribution >= 0.6 is 0 Å². The number of benzene rings is 12. The molecule has 2 unspecified atom stereocenters. The topological polar surface area (TPSA) is 195 Å². The van der Waals surface area contributed by atoms with Gasteiger partial charge in [-0.1, -0.05) is 128 Å². The van der Waals surface area contributed by atoms with Gasteiger partial charge in [-0.3, -0.25) is 0 Å². The van der Waals surface area contributed by atoms with Crippen molar-refractivity contribution in [2.75, 3.05) is 35.0 Å². The Kier molecular flexibility index (Phi) is 20.6. The number of rotatable bonds is 25. The molecule has 3 aliphatic carbocycles. The lowest BCUT2D eigenvalue weighted by Crippen LogP contribution is -2.36. The van der Waals surface area contributed by atoms with Crippen molar-refractivity contribution in [2.45, 2.75) is 123 Å². The van der Waals surface area contributed by atoms with Gasteiger partial charge in [0.05, 0.1) is 44.9 Å². The van der Waals surface area contributed by atoms with Crippen LogP contribution in [-0.4, -0.2) is 65.7 Å². The van der Waals surface area contributed by atoms with Crippen LogP contribution in [0.4, 0.5) is 0 Å². The van der Waals surface area contributed by atoms with Crippen LogP contribution in [0.5, 0.6) is 63.2 Å². The fraction of sp³-hybridized carbons (Fsp3) is 0.258. The van der Waals surface area contributed by atoms with E-state index >= 15 is 0 Å². The minimum Gasteiger partial charge on any atom is -0.507 e. The first-order chi connectivity index (χ1) is 53.7. The zero-order valence-electron chi connectivity index (χ0n) is 64.5. The molecule has 12 aromatic rings. The summed E-state index contributed by atoms with van der Waals surface area (Å²) in [6.45, 7) is 12.5. The Morgan fingerprint density at radius 3 is 1.14 bits per heavy atom. The maximum absolute atomic E-state index is 12.5. The summed E-state index contributed by atoms with van der Waals surface area (Å²) in [5.74, 6) is 4.21. The van der Waals surface area contributed by atoms with Crippen LogP contribution in [-0.2, 0) is 70.1 Å². The average Bonchev–Trinajstić information content (AvgIpc) is 1.55. The Hall–Kier alpha value is -11.7. The van der Waals surface area contributed by atoms with Gasteiger partial charge in [-0.2, -0.15) is 0 Å². The van der Waals surface area contributed by atoms with Crippen molar-refractivity contribution in [3.8, 4) is 85.5 Å². The van der Waals surface area contributed by atoms with Gasteiger partial charge in [0.25, 0.3) is 0 Å². The maximum atomic E-state index is 12.5. The number of hydrogen-bond donors (Lipinski definition) is 6. The Morgan fingerprint density at radius 2 is 0.703 bits per heavy atom. The lowest BCUT2D eigenvalue weighted by Gasteiger charge is -2.43. The summed E-state index contributed by atoms with van der Waals surface area (Å²) in [5.41, 5.74) is 18.0. The Labute approximate surface area is 649 Å². The van der Waals surface area contributed by atoms with Gasteiger partial charge in [-0.25, -0.2) is 0 Å². The van der Waals surface area contributed by atoms with Crippen molar-refractivity contribution >= 4 is 0 Å². The molecule has 1 saturated carbocycles. The highest BCUT2D eigenvalue weighted by molar-refractivity contribution is 5.91. The minimum atomic E-state index is -1.10. The van der Waals surface area contributed by atoms with Gasteiger partial charge < -0.3 is 68.5 Å². The monoisotopic (exact) mass is 1480 g/mol. The molecular weight excluding hydrogens is 1390 g/mol. The molecule has 0 spiro atoms. The van der Waals surface area contributed by atoms with Crippen LogP contribution in [0.25, 0.3) is 22.3 Å². The highest BCUT2D eigenvalue weighted by atomic mass is 16.5. The average molecular weight is 1480 g/mol. The smallest absolute Gasteiger partial charge is 0.127 e. The second-order valence-electron chi connectivity index (χ2n) is 30.3. The standard InChI is InChI=1S/C97H94O14/c1-57-35-70(41-67(92(57)101)54-109-76-22-13-11-14-23-76)95(71-36-58(2)93(102)68(42-71)55-110-77-24-15-12-16-25-77)34-20-21-63(49-95)50-108-53-66-45-75(40-61(5)91(66)100)97(74-39-60(4)90(99)65(44-74)52-105-8)83-27-18-17-26-80(83)88-86(97)28-19-29-87(88)111-56-69-46-73(38-62(6)94(69)103)96(72-37-59(3)89(98)64(43-72)51-104-7)84-32-30-78(106-9)47-81(84)82-48-79(107-10)31-33-85(82)96/h11-19,22-33,35-48,63,98-103H,20-21,34,49-56H2,1-10H3. The molecule has 14 nitrogen and oxygen atoms in total. The molecule has 566 valence electrons. The first kappa shape index (κ1) is 74.8. The van der Waals surface area contributed by atoms with E-state index in [4.69, 9.17) is 37.9 Å². The fourth-order valence-corrected chi connectivity index (χ4v) is 18.1. The SMILES string of the molecule is COCc1cc(C2(c3cc(C)c(O)c(COc4cccc5c4-c4ccccc4C5(c4cc(C)c(O)c(COC)c4)c4cc(C)c(O)c(COCC5CCCC(c6cc(C)c(O)c(COc7ccccc7)c6)(c6cc(C)c(O)c(COc7ccccc7)c6)C5)c4)c3)c3ccc(OC)cc3-c3cc(OC)ccc32)cc(C)c1O. The van der Waals surface area contributed by atoms with Gasteiger partial charge in [-0.05, 0) is 263 Å². The molecule has 0 aliphatic heterocycles. The number of para-hydroxylation sites is 2. The summed E-state index contributed by atoms with van der Waals surface area (Å²) >= 11 is 0. The second-order valence-corrected chi connectivity index (χ2v) is 30.3. The molecule has 12 aromatic carbocycles. The number of aromatic hydroxyl groups is 6. The number of hydrogen-bond acceptors (Lipinski definition) is 14. The maximum Gasteiger partial charge on any atom is 0.127 e. The Morgan fingerprint density at radius 1 is 0.333 bits per heavy atom. The molecule has 0 amide bonds. The summed E-state index contributed by atoms with van der Waals surface area (Å²) in [4.78, 5) is 0. The molecule has 111 heavy (non-hydrogen) atoms. The highest BCUT2D eigenvalue weighted by Crippen LogP contribution is 2.62. The number of ether oxygens (including phenoxy) is 8. The van der Waals surface area contributed by atoms with E-state index in [0.717, 1.165) is 108 Å². The normalized spacial score (nSPS) is 15.6. The lowest BCUT2D eigenvalue weighted by molar-refractivity contribution is 0.0615. The molecule has 1 fully saturated rings. The van der Waals surface area contributed by atoms with Crippen molar-refractivity contribution in [3.05, 3.63) is 335 Å². The van der Waals surface area contributed by atoms with E-state index in [1.54, 1.807) is 28.4 Å². The van der Waals surface area contributed by atoms with Crippen molar-refractivity contribution in [2.24, 2.45) is 5.92 Å². The third kappa shape index (κ3) is 13.3. The molecule has 0 saturated heterocycles. The molecule has 0 heterocycles. The van der Waals surface area contributed by atoms with Crippen molar-refractivity contribution in [1.82, 2.24) is 0 Å². The van der Waals surface area contributed by atoms with Crippen molar-refractivity contribution < 1.29 is 68.5 Å². The molecular formula is C97H94O14. The van der Waals surface area contributed by atoms with Crippen LogP contribution < -0.4 is 23.7 Å².